The molecule has 5 rings (SSSR count). The minimum atomic E-state index is 0.851. The summed E-state index contributed by atoms with van der Waals surface area (Å²) in [6, 6.07) is 19.0. The molecule has 1 aliphatic heterocycles. The summed E-state index contributed by atoms with van der Waals surface area (Å²) in [6.07, 6.45) is 0. The van der Waals surface area contributed by atoms with Gasteiger partial charge in [-0.05, 0) is 41.8 Å². The maximum Gasteiger partial charge on any atom is 0.138 e. The second-order valence-electron chi connectivity index (χ2n) is 5.56. The minimum Gasteiger partial charge on any atom is -0.368 e. The van der Waals surface area contributed by atoms with Crippen molar-refractivity contribution in [1.82, 2.24) is 14.7 Å². The van der Waals surface area contributed by atoms with Crippen LogP contribution in [0.1, 0.15) is 5.56 Å². The van der Waals surface area contributed by atoms with Crippen LogP contribution in [0.25, 0.3) is 27.6 Å². The van der Waals surface area contributed by atoms with E-state index in [0.717, 1.165) is 41.2 Å². The SMILES string of the molecule is c1ccc2c(c1)ccc1nc3ccc(C4=NCCN4)cc3n12. The van der Waals surface area contributed by atoms with Gasteiger partial charge in [-0.1, -0.05) is 18.2 Å². The van der Waals surface area contributed by atoms with Crippen LogP contribution in [-0.4, -0.2) is 28.3 Å². The molecule has 4 nitrogen and oxygen atoms in total. The molecule has 0 spiro atoms. The molecule has 1 aliphatic rings. The first-order valence-corrected chi connectivity index (χ1v) is 7.49. The van der Waals surface area contributed by atoms with Crippen LogP contribution in [0.15, 0.2) is 59.6 Å². The zero-order valence-electron chi connectivity index (χ0n) is 12.0. The van der Waals surface area contributed by atoms with Gasteiger partial charge in [-0.2, -0.15) is 0 Å². The smallest absolute Gasteiger partial charge is 0.138 e. The van der Waals surface area contributed by atoms with Gasteiger partial charge in [0.15, 0.2) is 0 Å². The lowest BCUT2D eigenvalue weighted by molar-refractivity contribution is 0.960. The fourth-order valence-electron chi connectivity index (χ4n) is 3.19. The van der Waals surface area contributed by atoms with E-state index in [9.17, 15) is 0 Å². The Morgan fingerprint density at radius 2 is 1.91 bits per heavy atom. The van der Waals surface area contributed by atoms with Crippen molar-refractivity contribution in [2.75, 3.05) is 13.1 Å². The molecule has 4 aromatic rings. The number of hydrogen-bond acceptors (Lipinski definition) is 3. The van der Waals surface area contributed by atoms with Crippen molar-refractivity contribution in [3.63, 3.8) is 0 Å². The second-order valence-corrected chi connectivity index (χ2v) is 5.56. The second kappa shape index (κ2) is 4.31. The van der Waals surface area contributed by atoms with Crippen molar-refractivity contribution in [2.45, 2.75) is 0 Å². The van der Waals surface area contributed by atoms with Gasteiger partial charge in [-0.25, -0.2) is 4.98 Å². The number of nitrogens with zero attached hydrogens (tertiary/aromatic N) is 3. The lowest BCUT2D eigenvalue weighted by Crippen LogP contribution is -2.19. The van der Waals surface area contributed by atoms with Gasteiger partial charge in [-0.3, -0.25) is 9.39 Å². The number of amidine groups is 1. The molecule has 4 heteroatoms. The standard InChI is InChI=1S/C18H14N4/c1-2-4-15-12(3-1)6-8-17-21-14-7-5-13(11-16(14)22(15)17)18-19-9-10-20-18/h1-8,11H,9-10H2,(H,19,20). The Morgan fingerprint density at radius 3 is 2.82 bits per heavy atom. The number of fused-ring (bicyclic) bond motifs is 5. The fourth-order valence-corrected chi connectivity index (χ4v) is 3.19. The van der Waals surface area contributed by atoms with Gasteiger partial charge in [0.25, 0.3) is 0 Å². The van der Waals surface area contributed by atoms with E-state index >= 15 is 0 Å². The number of hydrogen-bond donors (Lipinski definition) is 1. The van der Waals surface area contributed by atoms with Gasteiger partial charge in [0.1, 0.15) is 11.5 Å². The van der Waals surface area contributed by atoms with E-state index in [1.807, 2.05) is 0 Å². The van der Waals surface area contributed by atoms with Crippen molar-refractivity contribution >= 4 is 33.4 Å². The molecule has 0 amide bonds. The first-order valence-electron chi connectivity index (χ1n) is 7.49. The Labute approximate surface area is 127 Å². The lowest BCUT2D eigenvalue weighted by atomic mass is 10.1. The number of rotatable bonds is 1. The minimum absolute atomic E-state index is 0.851. The number of aliphatic imine (C=N–C) groups is 1. The van der Waals surface area contributed by atoms with E-state index in [1.165, 1.54) is 10.9 Å². The van der Waals surface area contributed by atoms with Crippen LogP contribution in [0.4, 0.5) is 0 Å². The molecule has 0 unspecified atom stereocenters. The third-order valence-electron chi connectivity index (χ3n) is 4.22. The highest BCUT2D eigenvalue weighted by atomic mass is 15.1. The summed E-state index contributed by atoms with van der Waals surface area (Å²) in [5, 5.41) is 4.55. The molecule has 2 aromatic carbocycles. The number of nitrogens with one attached hydrogen (secondary N) is 1. The monoisotopic (exact) mass is 286 g/mol. The van der Waals surface area contributed by atoms with E-state index in [1.54, 1.807) is 0 Å². The van der Waals surface area contributed by atoms with E-state index in [-0.39, 0.29) is 0 Å². The van der Waals surface area contributed by atoms with Gasteiger partial charge >= 0.3 is 0 Å². The lowest BCUT2D eigenvalue weighted by Gasteiger charge is -2.05. The van der Waals surface area contributed by atoms with Gasteiger partial charge in [0.2, 0.25) is 0 Å². The molecular formula is C18H14N4. The number of para-hydroxylation sites is 1. The van der Waals surface area contributed by atoms with Gasteiger partial charge < -0.3 is 5.32 Å². The molecule has 3 heterocycles. The predicted octanol–water partition coefficient (Wildman–Crippen LogP) is 2.99. The van der Waals surface area contributed by atoms with E-state index in [2.05, 4.69) is 69.3 Å². The summed E-state index contributed by atoms with van der Waals surface area (Å²) < 4.78 is 2.23. The summed E-state index contributed by atoms with van der Waals surface area (Å²) in [4.78, 5) is 9.25. The topological polar surface area (TPSA) is 41.7 Å². The van der Waals surface area contributed by atoms with Crippen LogP contribution in [0.5, 0.6) is 0 Å². The highest BCUT2D eigenvalue weighted by molar-refractivity contribution is 6.03. The Morgan fingerprint density at radius 1 is 0.955 bits per heavy atom. The quantitative estimate of drug-likeness (QED) is 0.584. The van der Waals surface area contributed by atoms with E-state index in [0.29, 0.717) is 0 Å². The summed E-state index contributed by atoms with van der Waals surface area (Å²) >= 11 is 0. The number of imidazole rings is 1. The predicted molar refractivity (Wildman–Crippen MR) is 89.6 cm³/mol. The molecule has 106 valence electrons. The van der Waals surface area contributed by atoms with Crippen molar-refractivity contribution < 1.29 is 0 Å². The Hall–Kier alpha value is -2.88. The third-order valence-corrected chi connectivity index (χ3v) is 4.22. The van der Waals surface area contributed by atoms with Crippen LogP contribution >= 0.6 is 0 Å². The molecule has 0 atom stereocenters. The summed E-state index contributed by atoms with van der Waals surface area (Å²) in [5.41, 5.74) is 5.42. The van der Waals surface area contributed by atoms with Crippen LogP contribution < -0.4 is 5.32 Å². The summed E-state index contributed by atoms with van der Waals surface area (Å²) in [6.45, 7) is 1.77. The zero-order valence-corrected chi connectivity index (χ0v) is 12.0. The van der Waals surface area contributed by atoms with Gasteiger partial charge in [0, 0.05) is 12.1 Å². The number of pyridine rings is 1. The maximum absolute atomic E-state index is 4.74. The molecule has 0 saturated heterocycles. The van der Waals surface area contributed by atoms with Crippen LogP contribution in [0, 0.1) is 0 Å². The first kappa shape index (κ1) is 11.7. The fraction of sp³-hybridized carbons (Fsp3) is 0.111. The van der Waals surface area contributed by atoms with Crippen molar-refractivity contribution in [3.8, 4) is 0 Å². The van der Waals surface area contributed by atoms with Crippen molar-refractivity contribution in [2.24, 2.45) is 4.99 Å². The molecule has 0 bridgehead atoms. The molecule has 0 saturated carbocycles. The molecule has 0 fully saturated rings. The van der Waals surface area contributed by atoms with Crippen LogP contribution in [0.2, 0.25) is 0 Å². The van der Waals surface area contributed by atoms with Gasteiger partial charge in [-0.15, -0.1) is 0 Å². The zero-order chi connectivity index (χ0) is 14.5. The largest absolute Gasteiger partial charge is 0.368 e. The first-order chi connectivity index (χ1) is 10.9. The maximum atomic E-state index is 4.74. The van der Waals surface area contributed by atoms with Crippen molar-refractivity contribution in [3.05, 3.63) is 60.2 Å². The molecule has 0 radical (unpaired) electrons. The summed E-state index contributed by atoms with van der Waals surface area (Å²) in [7, 11) is 0. The van der Waals surface area contributed by atoms with Crippen LogP contribution in [-0.2, 0) is 0 Å². The van der Waals surface area contributed by atoms with Crippen molar-refractivity contribution in [1.29, 1.82) is 0 Å². The molecule has 0 aliphatic carbocycles. The summed E-state index contributed by atoms with van der Waals surface area (Å²) in [5.74, 6) is 0.983. The third kappa shape index (κ3) is 1.58. The Balaban J connectivity index is 1.90. The number of benzene rings is 2. The molecule has 1 N–H and O–H groups in total. The molecule has 22 heavy (non-hydrogen) atoms. The van der Waals surface area contributed by atoms with E-state index in [4.69, 9.17) is 4.98 Å². The normalized spacial score (nSPS) is 14.6. The average Bonchev–Trinajstić information content (AvgIpc) is 3.21. The Kier molecular flexibility index (Phi) is 2.30. The highest BCUT2D eigenvalue weighted by Crippen LogP contribution is 2.24. The van der Waals surface area contributed by atoms with Crippen LogP contribution in [0.3, 0.4) is 0 Å². The number of aromatic nitrogens is 2. The highest BCUT2D eigenvalue weighted by Gasteiger charge is 2.12. The average molecular weight is 286 g/mol. The van der Waals surface area contributed by atoms with E-state index < -0.39 is 0 Å². The molecule has 2 aromatic heterocycles. The molecular weight excluding hydrogens is 272 g/mol. The van der Waals surface area contributed by atoms with Gasteiger partial charge in [0.05, 0.1) is 23.1 Å². The Bertz CT molecular complexity index is 1060.